The first kappa shape index (κ1) is 14.4. The Morgan fingerprint density at radius 1 is 1.10 bits per heavy atom. The van der Waals surface area contributed by atoms with E-state index in [2.05, 4.69) is 4.98 Å². The van der Waals surface area contributed by atoms with E-state index in [-0.39, 0.29) is 11.2 Å². The first-order chi connectivity index (χ1) is 9.84. The summed E-state index contributed by atoms with van der Waals surface area (Å²) in [5.74, 6) is 0.553. The molecule has 0 amide bonds. The first-order valence-electron chi connectivity index (χ1n) is 7.22. The monoisotopic (exact) mass is 285 g/mol. The maximum absolute atomic E-state index is 6.08. The maximum atomic E-state index is 6.08. The normalized spacial score (nSPS) is 21.2. The number of hydrogen-bond donors (Lipinski definition) is 0. The molecule has 4 nitrogen and oxygen atoms in total. The molecule has 2 heterocycles. The van der Waals surface area contributed by atoms with E-state index >= 15 is 0 Å². The van der Waals surface area contributed by atoms with Crippen molar-refractivity contribution in [3.63, 3.8) is 0 Å². The van der Waals surface area contributed by atoms with Crippen LogP contribution < -0.4 is 0 Å². The molecule has 110 valence electrons. The van der Waals surface area contributed by atoms with Crippen molar-refractivity contribution in [1.29, 1.82) is 0 Å². The summed E-state index contributed by atoms with van der Waals surface area (Å²) in [4.78, 5) is 4.53. The highest BCUT2D eigenvalue weighted by molar-refractivity contribution is 6.68. The second-order valence-electron chi connectivity index (χ2n) is 6.32. The molecule has 0 aliphatic carbocycles. The molecule has 2 aromatic rings. The van der Waals surface area contributed by atoms with Gasteiger partial charge in [-0.15, -0.1) is 0 Å². The molecule has 3 rings (SSSR count). The Balaban J connectivity index is 1.97. The molecule has 21 heavy (non-hydrogen) atoms. The lowest BCUT2D eigenvalue weighted by Crippen LogP contribution is -2.41. The Hall–Kier alpha value is -1.59. The maximum Gasteiger partial charge on any atom is 0.500 e. The fourth-order valence-electron chi connectivity index (χ4n) is 2.33. The highest BCUT2D eigenvalue weighted by atomic mass is 16.7. The summed E-state index contributed by atoms with van der Waals surface area (Å²) in [5, 5.41) is 0. The van der Waals surface area contributed by atoms with Gasteiger partial charge in [-0.25, -0.2) is 4.98 Å². The summed E-state index contributed by atoms with van der Waals surface area (Å²) < 4.78 is 18.0. The summed E-state index contributed by atoms with van der Waals surface area (Å²) in [7, 11) is -0.465. The van der Waals surface area contributed by atoms with Crippen LogP contribution >= 0.6 is 0 Å². The fourth-order valence-corrected chi connectivity index (χ4v) is 2.33. The summed E-state index contributed by atoms with van der Waals surface area (Å²) in [6, 6.07) is 7.71. The average Bonchev–Trinajstić information content (AvgIpc) is 2.89. The van der Waals surface area contributed by atoms with Gasteiger partial charge in [0.15, 0.2) is 5.58 Å². The lowest BCUT2D eigenvalue weighted by atomic mass is 9.78. The number of aromatic nitrogens is 1. The van der Waals surface area contributed by atoms with Gasteiger partial charge in [0.2, 0.25) is 5.89 Å². The minimum Gasteiger partial charge on any atom is -0.437 e. The lowest BCUT2D eigenvalue weighted by Gasteiger charge is -2.32. The van der Waals surface area contributed by atoms with Gasteiger partial charge in [0.05, 0.1) is 11.2 Å². The van der Waals surface area contributed by atoms with Crippen LogP contribution in [-0.2, 0) is 9.31 Å². The number of hydrogen-bond acceptors (Lipinski definition) is 4. The molecule has 0 atom stereocenters. The van der Waals surface area contributed by atoms with Crippen LogP contribution in [0.3, 0.4) is 0 Å². The molecule has 1 aromatic carbocycles. The Kier molecular flexibility index (Phi) is 3.22. The second-order valence-corrected chi connectivity index (χ2v) is 6.32. The molecule has 0 spiro atoms. The standard InChI is InChI=1S/C16H20BNO3/c1-6-11(17-20-15(2,3)16(4,5)21-17)14-18-12-9-7-8-10-13(12)19-14/h6-10H,1-5H3/b11-6+. The molecule has 5 heteroatoms. The predicted molar refractivity (Wildman–Crippen MR) is 83.7 cm³/mol. The van der Waals surface area contributed by atoms with Gasteiger partial charge >= 0.3 is 7.12 Å². The van der Waals surface area contributed by atoms with Crippen molar-refractivity contribution in [2.45, 2.75) is 45.8 Å². The van der Waals surface area contributed by atoms with Crippen LogP contribution in [0.25, 0.3) is 16.6 Å². The molecule has 0 bridgehead atoms. The summed E-state index contributed by atoms with van der Waals surface area (Å²) >= 11 is 0. The van der Waals surface area contributed by atoms with Crippen molar-refractivity contribution in [1.82, 2.24) is 4.98 Å². The molecule has 0 unspecified atom stereocenters. The molecular weight excluding hydrogens is 265 g/mol. The Labute approximate surface area is 125 Å². The van der Waals surface area contributed by atoms with Crippen molar-refractivity contribution >= 4 is 23.7 Å². The van der Waals surface area contributed by atoms with E-state index in [4.69, 9.17) is 13.7 Å². The highest BCUT2D eigenvalue weighted by Crippen LogP contribution is 2.40. The second kappa shape index (κ2) is 4.72. The Bertz CT molecular complexity index is 653. The van der Waals surface area contributed by atoms with Crippen LogP contribution in [0.2, 0.25) is 0 Å². The average molecular weight is 285 g/mol. The highest BCUT2D eigenvalue weighted by Gasteiger charge is 2.53. The minimum absolute atomic E-state index is 0.377. The number of oxazole rings is 1. The molecule has 1 aliphatic rings. The number of nitrogens with zero attached hydrogens (tertiary/aromatic N) is 1. The van der Waals surface area contributed by atoms with Crippen molar-refractivity contribution in [3.05, 3.63) is 36.2 Å². The number of para-hydroxylation sites is 2. The lowest BCUT2D eigenvalue weighted by molar-refractivity contribution is 0.00578. The van der Waals surface area contributed by atoms with Gasteiger partial charge in [0.25, 0.3) is 0 Å². The first-order valence-corrected chi connectivity index (χ1v) is 7.22. The predicted octanol–water partition coefficient (Wildman–Crippen LogP) is 3.86. The van der Waals surface area contributed by atoms with E-state index in [9.17, 15) is 0 Å². The van der Waals surface area contributed by atoms with Gasteiger partial charge in [-0.1, -0.05) is 18.2 Å². The molecule has 0 saturated carbocycles. The molecule has 1 aromatic heterocycles. The van der Waals surface area contributed by atoms with Gasteiger partial charge in [-0.05, 0) is 46.8 Å². The van der Waals surface area contributed by atoms with Crippen LogP contribution in [-0.4, -0.2) is 23.3 Å². The molecule has 1 saturated heterocycles. The van der Waals surface area contributed by atoms with E-state index < -0.39 is 7.12 Å². The number of fused-ring (bicyclic) bond motifs is 1. The zero-order valence-corrected chi connectivity index (χ0v) is 13.1. The van der Waals surface area contributed by atoms with Crippen LogP contribution in [0, 0.1) is 0 Å². The van der Waals surface area contributed by atoms with Gasteiger partial charge in [0.1, 0.15) is 5.52 Å². The van der Waals surface area contributed by atoms with E-state index in [1.807, 2.05) is 65.0 Å². The number of rotatable bonds is 2. The zero-order valence-electron chi connectivity index (χ0n) is 13.1. The van der Waals surface area contributed by atoms with Crippen LogP contribution in [0.5, 0.6) is 0 Å². The quantitative estimate of drug-likeness (QED) is 0.786. The smallest absolute Gasteiger partial charge is 0.437 e. The summed E-state index contributed by atoms with van der Waals surface area (Å²) in [6.07, 6.45) is 1.94. The largest absolute Gasteiger partial charge is 0.500 e. The third-order valence-electron chi connectivity index (χ3n) is 4.36. The van der Waals surface area contributed by atoms with Crippen molar-refractivity contribution < 1.29 is 13.7 Å². The van der Waals surface area contributed by atoms with Gasteiger partial charge < -0.3 is 13.7 Å². The minimum atomic E-state index is -0.465. The van der Waals surface area contributed by atoms with E-state index in [0.29, 0.717) is 5.89 Å². The van der Waals surface area contributed by atoms with Crippen molar-refractivity contribution in [3.8, 4) is 0 Å². The number of allylic oxidation sites excluding steroid dienone is 1. The molecule has 1 aliphatic heterocycles. The SMILES string of the molecule is C/C=C(/B1OC(C)(C)C(C)(C)O1)c1nc2ccccc2o1. The summed E-state index contributed by atoms with van der Waals surface area (Å²) in [5.41, 5.74) is 1.67. The molecule has 0 N–H and O–H groups in total. The van der Waals surface area contributed by atoms with Gasteiger partial charge in [-0.2, -0.15) is 0 Å². The Morgan fingerprint density at radius 3 is 2.29 bits per heavy atom. The topological polar surface area (TPSA) is 44.5 Å². The van der Waals surface area contributed by atoms with Crippen molar-refractivity contribution in [2.24, 2.45) is 0 Å². The van der Waals surface area contributed by atoms with Crippen LogP contribution in [0.4, 0.5) is 0 Å². The molecular formula is C16H20BNO3. The van der Waals surface area contributed by atoms with Gasteiger partial charge in [-0.3, -0.25) is 0 Å². The van der Waals surface area contributed by atoms with Crippen LogP contribution in [0.1, 0.15) is 40.5 Å². The molecule has 0 radical (unpaired) electrons. The van der Waals surface area contributed by atoms with Crippen molar-refractivity contribution in [2.75, 3.05) is 0 Å². The molecule has 1 fully saturated rings. The Morgan fingerprint density at radius 2 is 1.71 bits per heavy atom. The third-order valence-corrected chi connectivity index (χ3v) is 4.36. The zero-order chi connectivity index (χ0) is 15.3. The van der Waals surface area contributed by atoms with E-state index in [1.165, 1.54) is 0 Å². The van der Waals surface area contributed by atoms with E-state index in [1.54, 1.807) is 0 Å². The number of benzene rings is 1. The van der Waals surface area contributed by atoms with Gasteiger partial charge in [0, 0.05) is 5.47 Å². The third kappa shape index (κ3) is 2.30. The summed E-state index contributed by atoms with van der Waals surface area (Å²) in [6.45, 7) is 10.1. The van der Waals surface area contributed by atoms with E-state index in [0.717, 1.165) is 16.6 Å². The fraction of sp³-hybridized carbons (Fsp3) is 0.438. The van der Waals surface area contributed by atoms with Crippen LogP contribution in [0.15, 0.2) is 34.8 Å².